The average Bonchev–Trinajstić information content (AvgIpc) is 3.19. The molecule has 0 saturated heterocycles. The lowest BCUT2D eigenvalue weighted by atomic mass is 10.2. The van der Waals surface area contributed by atoms with E-state index in [9.17, 15) is 4.79 Å². The number of hydrogen-bond donors (Lipinski definition) is 1. The lowest BCUT2D eigenvalue weighted by Gasteiger charge is -2.13. The minimum atomic E-state index is -0.328. The summed E-state index contributed by atoms with van der Waals surface area (Å²) in [5.41, 5.74) is 3.02. The molecule has 0 saturated carbocycles. The van der Waals surface area contributed by atoms with Gasteiger partial charge in [-0.1, -0.05) is 12.1 Å². The molecule has 22 heavy (non-hydrogen) atoms. The molecule has 1 aliphatic rings. The van der Waals surface area contributed by atoms with Crippen LogP contribution in [0.15, 0.2) is 30.6 Å². The highest BCUT2D eigenvalue weighted by molar-refractivity contribution is 7.15. The summed E-state index contributed by atoms with van der Waals surface area (Å²) in [5, 5.41) is 3.66. The highest BCUT2D eigenvalue weighted by Crippen LogP contribution is 2.31. The summed E-state index contributed by atoms with van der Waals surface area (Å²) in [4.78, 5) is 22.7. The van der Waals surface area contributed by atoms with Crippen LogP contribution in [0.3, 0.4) is 0 Å². The number of nitrogens with zero attached hydrogens (tertiary/aromatic N) is 3. The molecule has 2 heterocycles. The molecule has 1 amide bonds. The maximum atomic E-state index is 12.5. The van der Waals surface area contributed by atoms with Crippen LogP contribution < -0.4 is 5.32 Å². The predicted molar refractivity (Wildman–Crippen MR) is 87.2 cm³/mol. The standard InChI is InChI=1S/C16H16N4OS/c1-10(20-9-17-11-5-2-3-7-13(11)20)15(21)19-16-18-12-6-4-8-14(12)22-16/h2-3,5,7,9-10H,4,6,8H2,1H3,(H,18,19,21)/t10-/m1/s1. The Morgan fingerprint density at radius 2 is 2.23 bits per heavy atom. The number of fused-ring (bicyclic) bond motifs is 2. The molecule has 1 aliphatic carbocycles. The van der Waals surface area contributed by atoms with Crippen LogP contribution in [0.5, 0.6) is 0 Å². The van der Waals surface area contributed by atoms with Gasteiger partial charge in [0.15, 0.2) is 5.13 Å². The van der Waals surface area contributed by atoms with Gasteiger partial charge in [0.25, 0.3) is 0 Å². The van der Waals surface area contributed by atoms with Crippen molar-refractivity contribution in [2.45, 2.75) is 32.2 Å². The number of thiazole rings is 1. The van der Waals surface area contributed by atoms with E-state index in [1.807, 2.05) is 35.8 Å². The van der Waals surface area contributed by atoms with Crippen molar-refractivity contribution in [3.8, 4) is 0 Å². The fourth-order valence-corrected chi connectivity index (χ4v) is 3.92. The highest BCUT2D eigenvalue weighted by Gasteiger charge is 2.21. The number of rotatable bonds is 3. The molecule has 0 fully saturated rings. The van der Waals surface area contributed by atoms with Crippen molar-refractivity contribution in [1.29, 1.82) is 0 Å². The van der Waals surface area contributed by atoms with Gasteiger partial charge >= 0.3 is 0 Å². The Hall–Kier alpha value is -2.21. The third kappa shape index (κ3) is 2.20. The summed E-state index contributed by atoms with van der Waals surface area (Å²) in [6.07, 6.45) is 5.02. The van der Waals surface area contributed by atoms with Gasteiger partial charge in [-0.2, -0.15) is 0 Å². The Balaban J connectivity index is 1.56. The van der Waals surface area contributed by atoms with Crippen molar-refractivity contribution in [2.75, 3.05) is 5.32 Å². The lowest BCUT2D eigenvalue weighted by molar-refractivity contribution is -0.118. The Morgan fingerprint density at radius 1 is 1.36 bits per heavy atom. The van der Waals surface area contributed by atoms with Crippen LogP contribution in [-0.4, -0.2) is 20.4 Å². The van der Waals surface area contributed by atoms with Crippen LogP contribution in [0.4, 0.5) is 5.13 Å². The van der Waals surface area contributed by atoms with Crippen LogP contribution in [-0.2, 0) is 17.6 Å². The fourth-order valence-electron chi connectivity index (χ4n) is 2.87. The maximum Gasteiger partial charge on any atom is 0.248 e. The molecule has 0 bridgehead atoms. The molecule has 1 atom stereocenters. The highest BCUT2D eigenvalue weighted by atomic mass is 32.1. The predicted octanol–water partition coefficient (Wildman–Crippen LogP) is 3.18. The molecule has 6 heteroatoms. The second-order valence-electron chi connectivity index (χ2n) is 5.55. The molecule has 3 aromatic rings. The van der Waals surface area contributed by atoms with E-state index in [4.69, 9.17) is 0 Å². The molecule has 5 nitrogen and oxygen atoms in total. The Kier molecular flexibility index (Phi) is 3.18. The van der Waals surface area contributed by atoms with Crippen LogP contribution in [0, 0.1) is 0 Å². The van der Waals surface area contributed by atoms with Gasteiger partial charge in [0.05, 0.1) is 23.1 Å². The number of hydrogen-bond acceptors (Lipinski definition) is 4. The third-order valence-corrected chi connectivity index (χ3v) is 5.18. The van der Waals surface area contributed by atoms with E-state index in [1.165, 1.54) is 11.3 Å². The first-order valence-corrected chi connectivity index (χ1v) is 8.25. The number of benzene rings is 1. The number of nitrogens with one attached hydrogen (secondary N) is 1. The summed E-state index contributed by atoms with van der Waals surface area (Å²) in [6.45, 7) is 1.88. The van der Waals surface area contributed by atoms with Gasteiger partial charge in [0.2, 0.25) is 5.91 Å². The van der Waals surface area contributed by atoms with Crippen LogP contribution in [0.2, 0.25) is 0 Å². The summed E-state index contributed by atoms with van der Waals surface area (Å²) in [6, 6.07) is 7.50. The molecule has 2 aromatic heterocycles. The van der Waals surface area contributed by atoms with E-state index < -0.39 is 0 Å². The SMILES string of the molecule is C[C@H](C(=O)Nc1nc2c(s1)CCC2)n1cnc2ccccc21. The second kappa shape index (κ2) is 5.21. The number of aromatic nitrogens is 3. The van der Waals surface area contributed by atoms with Gasteiger partial charge in [-0.05, 0) is 38.3 Å². The van der Waals surface area contributed by atoms with E-state index in [-0.39, 0.29) is 11.9 Å². The number of anilines is 1. The molecule has 1 aromatic carbocycles. The van der Waals surface area contributed by atoms with Crippen molar-refractivity contribution in [2.24, 2.45) is 0 Å². The molecule has 0 radical (unpaired) electrons. The largest absolute Gasteiger partial charge is 0.318 e. The smallest absolute Gasteiger partial charge is 0.248 e. The Labute approximate surface area is 132 Å². The molecule has 0 unspecified atom stereocenters. The molecular weight excluding hydrogens is 296 g/mol. The first-order valence-electron chi connectivity index (χ1n) is 7.43. The van der Waals surface area contributed by atoms with Gasteiger partial charge in [-0.15, -0.1) is 11.3 Å². The molecule has 112 valence electrons. The summed E-state index contributed by atoms with van der Waals surface area (Å²) in [5.74, 6) is -0.0597. The number of imidazole rings is 1. The Morgan fingerprint density at radius 3 is 3.09 bits per heavy atom. The number of carbonyl (C=O) groups excluding carboxylic acids is 1. The first kappa shape index (κ1) is 13.5. The monoisotopic (exact) mass is 312 g/mol. The van der Waals surface area contributed by atoms with Gasteiger partial charge in [-0.3, -0.25) is 4.79 Å². The molecule has 0 aliphatic heterocycles. The second-order valence-corrected chi connectivity index (χ2v) is 6.63. The van der Waals surface area contributed by atoms with Crippen molar-refractivity contribution < 1.29 is 4.79 Å². The van der Waals surface area contributed by atoms with Crippen LogP contribution in [0.1, 0.15) is 30.0 Å². The normalized spacial score (nSPS) is 15.0. The lowest BCUT2D eigenvalue weighted by Crippen LogP contribution is -2.23. The van der Waals surface area contributed by atoms with Gasteiger partial charge in [0, 0.05) is 4.88 Å². The zero-order chi connectivity index (χ0) is 15.1. The van der Waals surface area contributed by atoms with Gasteiger partial charge in [-0.25, -0.2) is 9.97 Å². The summed E-state index contributed by atoms with van der Waals surface area (Å²) < 4.78 is 1.89. The van der Waals surface area contributed by atoms with E-state index in [0.717, 1.165) is 29.6 Å². The van der Waals surface area contributed by atoms with Crippen molar-refractivity contribution >= 4 is 33.4 Å². The third-order valence-electron chi connectivity index (χ3n) is 4.10. The van der Waals surface area contributed by atoms with Gasteiger partial charge in [0.1, 0.15) is 6.04 Å². The molecular formula is C16H16N4OS. The fraction of sp³-hybridized carbons (Fsp3) is 0.312. The number of aryl methyl sites for hydroxylation is 2. The van der Waals surface area contributed by atoms with Crippen molar-refractivity contribution in [3.63, 3.8) is 0 Å². The van der Waals surface area contributed by atoms with E-state index in [2.05, 4.69) is 15.3 Å². The van der Waals surface area contributed by atoms with Gasteiger partial charge < -0.3 is 9.88 Å². The first-order chi connectivity index (χ1) is 10.7. The summed E-state index contributed by atoms with van der Waals surface area (Å²) in [7, 11) is 0. The van der Waals surface area contributed by atoms with E-state index in [1.54, 1.807) is 17.7 Å². The van der Waals surface area contributed by atoms with Crippen molar-refractivity contribution in [1.82, 2.24) is 14.5 Å². The number of amides is 1. The minimum absolute atomic E-state index is 0.0597. The minimum Gasteiger partial charge on any atom is -0.318 e. The van der Waals surface area contributed by atoms with Crippen molar-refractivity contribution in [3.05, 3.63) is 41.2 Å². The van der Waals surface area contributed by atoms with Crippen LogP contribution in [0.25, 0.3) is 11.0 Å². The Bertz CT molecular complexity index is 829. The average molecular weight is 312 g/mol. The zero-order valence-corrected chi connectivity index (χ0v) is 13.1. The quantitative estimate of drug-likeness (QED) is 0.808. The number of carbonyl (C=O) groups is 1. The number of para-hydroxylation sites is 2. The summed E-state index contributed by atoms with van der Waals surface area (Å²) >= 11 is 1.60. The zero-order valence-electron chi connectivity index (χ0n) is 12.2. The molecule has 0 spiro atoms. The topological polar surface area (TPSA) is 59.8 Å². The van der Waals surface area contributed by atoms with E-state index >= 15 is 0 Å². The molecule has 4 rings (SSSR count). The molecule has 1 N–H and O–H groups in total. The van der Waals surface area contributed by atoms with Crippen LogP contribution >= 0.6 is 11.3 Å². The van der Waals surface area contributed by atoms with E-state index in [0.29, 0.717) is 5.13 Å². The maximum absolute atomic E-state index is 12.5.